The van der Waals surface area contributed by atoms with Gasteiger partial charge < -0.3 is 9.84 Å². The van der Waals surface area contributed by atoms with Crippen LogP contribution in [0.15, 0.2) is 69.8 Å². The molecular formula is C30H34N2O5S. The second-order valence-electron chi connectivity index (χ2n) is 10.4. The van der Waals surface area contributed by atoms with E-state index in [9.17, 15) is 18.3 Å². The van der Waals surface area contributed by atoms with Crippen LogP contribution in [0.3, 0.4) is 0 Å². The second kappa shape index (κ2) is 10.4. The Morgan fingerprint density at radius 1 is 1.13 bits per heavy atom. The van der Waals surface area contributed by atoms with Gasteiger partial charge in [-0.15, -0.1) is 0 Å². The van der Waals surface area contributed by atoms with Gasteiger partial charge in [0.1, 0.15) is 5.76 Å². The molecule has 2 aromatic carbocycles. The number of carbonyl (C=O) groups is 1. The SMILES string of the molecule is CCCC1(CCC)OC(=O)C(C(c2cccc(NS(=O)(=O)c3cccc4c3CN=CC=C4)c2)C2CC2)=C1O. The molecule has 0 saturated heterocycles. The van der Waals surface area contributed by atoms with E-state index in [4.69, 9.17) is 4.74 Å². The number of aliphatic hydroxyl groups excluding tert-OH is 1. The van der Waals surface area contributed by atoms with Crippen LogP contribution in [0, 0.1) is 5.92 Å². The average Bonchev–Trinajstić information content (AvgIpc) is 3.71. The summed E-state index contributed by atoms with van der Waals surface area (Å²) in [6.45, 7) is 4.30. The first kappa shape index (κ1) is 26.2. The summed E-state index contributed by atoms with van der Waals surface area (Å²) < 4.78 is 35.6. The van der Waals surface area contributed by atoms with Crippen molar-refractivity contribution in [3.63, 3.8) is 0 Å². The Kier molecular flexibility index (Phi) is 7.18. The van der Waals surface area contributed by atoms with Crippen LogP contribution >= 0.6 is 0 Å². The lowest BCUT2D eigenvalue weighted by Gasteiger charge is -2.27. The molecule has 7 nitrogen and oxygen atoms in total. The molecule has 2 aromatic rings. The van der Waals surface area contributed by atoms with Crippen molar-refractivity contribution in [2.24, 2.45) is 10.9 Å². The molecule has 8 heteroatoms. The zero-order valence-electron chi connectivity index (χ0n) is 21.8. The van der Waals surface area contributed by atoms with Crippen molar-refractivity contribution in [1.29, 1.82) is 0 Å². The highest BCUT2D eigenvalue weighted by Gasteiger charge is 2.51. The van der Waals surface area contributed by atoms with Gasteiger partial charge >= 0.3 is 5.97 Å². The van der Waals surface area contributed by atoms with E-state index in [0.717, 1.165) is 36.8 Å². The molecule has 0 bridgehead atoms. The lowest BCUT2D eigenvalue weighted by atomic mass is 9.82. The molecule has 1 unspecified atom stereocenters. The maximum Gasteiger partial charge on any atom is 0.339 e. The van der Waals surface area contributed by atoms with Crippen molar-refractivity contribution < 1.29 is 23.1 Å². The largest absolute Gasteiger partial charge is 0.507 e. The van der Waals surface area contributed by atoms with E-state index < -0.39 is 21.6 Å². The smallest absolute Gasteiger partial charge is 0.339 e. The van der Waals surface area contributed by atoms with Crippen LogP contribution in [0.25, 0.3) is 6.08 Å². The number of aliphatic imine (C=N–C) groups is 1. The van der Waals surface area contributed by atoms with E-state index in [1.165, 1.54) is 0 Å². The molecule has 3 aliphatic rings. The Morgan fingerprint density at radius 2 is 1.87 bits per heavy atom. The Morgan fingerprint density at radius 3 is 2.58 bits per heavy atom. The number of fused-ring (bicyclic) bond motifs is 1. The number of carbonyl (C=O) groups excluding carboxylic acids is 1. The standard InChI is InChI=1S/C30H34N2O5S/c1-3-15-30(16-4-2)28(33)27(29(34)37-30)26(21-13-14-21)22-9-5-11-23(18-22)32-38(35,36)25-12-6-8-20-10-7-17-31-19-24(20)25/h5-12,17-18,21,26,32-33H,3-4,13-16,19H2,1-2H3. The van der Waals surface area contributed by atoms with E-state index in [0.29, 0.717) is 29.7 Å². The highest BCUT2D eigenvalue weighted by molar-refractivity contribution is 7.92. The van der Waals surface area contributed by atoms with Gasteiger partial charge in [-0.25, -0.2) is 13.2 Å². The second-order valence-corrected chi connectivity index (χ2v) is 12.0. The zero-order valence-corrected chi connectivity index (χ0v) is 22.6. The molecule has 200 valence electrons. The first-order valence-corrected chi connectivity index (χ1v) is 14.9. The Bertz CT molecular complexity index is 1430. The van der Waals surface area contributed by atoms with E-state index in [-0.39, 0.29) is 29.0 Å². The lowest BCUT2D eigenvalue weighted by Crippen LogP contribution is -2.31. The number of aliphatic hydroxyl groups is 1. The number of hydrogen-bond donors (Lipinski definition) is 2. The van der Waals surface area contributed by atoms with Gasteiger partial charge in [-0.2, -0.15) is 0 Å². The summed E-state index contributed by atoms with van der Waals surface area (Å²) in [5.74, 6) is -0.572. The fraction of sp³-hybridized carbons (Fsp3) is 0.400. The first-order valence-electron chi connectivity index (χ1n) is 13.4. The molecule has 1 atom stereocenters. The predicted molar refractivity (Wildman–Crippen MR) is 149 cm³/mol. The molecule has 1 aliphatic carbocycles. The first-order chi connectivity index (χ1) is 18.3. The Hall–Kier alpha value is -3.39. The molecule has 0 spiro atoms. The monoisotopic (exact) mass is 534 g/mol. The number of sulfonamides is 1. The van der Waals surface area contributed by atoms with Crippen LogP contribution < -0.4 is 4.72 Å². The number of cyclic esters (lactones) is 1. The summed E-state index contributed by atoms with van der Waals surface area (Å²) in [6, 6.07) is 12.3. The van der Waals surface area contributed by atoms with Crippen LogP contribution in [0.5, 0.6) is 0 Å². The molecule has 38 heavy (non-hydrogen) atoms. The summed E-state index contributed by atoms with van der Waals surface area (Å²) in [4.78, 5) is 17.7. The van der Waals surface area contributed by atoms with Crippen molar-refractivity contribution in [3.05, 3.63) is 76.6 Å². The van der Waals surface area contributed by atoms with Gasteiger partial charge in [0.15, 0.2) is 5.60 Å². The molecule has 1 saturated carbocycles. The van der Waals surface area contributed by atoms with E-state index in [1.807, 2.05) is 32.1 Å². The third-order valence-corrected chi connectivity index (χ3v) is 9.05. The van der Waals surface area contributed by atoms with Gasteiger partial charge in [-0.1, -0.05) is 57.0 Å². The van der Waals surface area contributed by atoms with Crippen molar-refractivity contribution in [1.82, 2.24) is 0 Å². The number of benzene rings is 2. The number of allylic oxidation sites excluding steroid dienone is 1. The van der Waals surface area contributed by atoms with Gasteiger partial charge in [-0.3, -0.25) is 9.71 Å². The normalized spacial score (nSPS) is 19.2. The van der Waals surface area contributed by atoms with Gasteiger partial charge in [-0.05, 0) is 67.0 Å². The minimum Gasteiger partial charge on any atom is -0.507 e. The van der Waals surface area contributed by atoms with Crippen LogP contribution in [0.4, 0.5) is 5.69 Å². The summed E-state index contributed by atoms with van der Waals surface area (Å²) in [5, 5.41) is 11.4. The fourth-order valence-electron chi connectivity index (χ4n) is 5.79. The number of rotatable bonds is 10. The molecular weight excluding hydrogens is 500 g/mol. The minimum absolute atomic E-state index is 0.0506. The third kappa shape index (κ3) is 4.89. The highest BCUT2D eigenvalue weighted by atomic mass is 32.2. The summed E-state index contributed by atoms with van der Waals surface area (Å²) >= 11 is 0. The van der Waals surface area contributed by atoms with Crippen LogP contribution in [-0.2, 0) is 26.1 Å². The number of anilines is 1. The summed E-state index contributed by atoms with van der Waals surface area (Å²) in [7, 11) is -3.90. The third-order valence-electron chi connectivity index (χ3n) is 7.58. The topological polar surface area (TPSA) is 105 Å². The molecule has 2 N–H and O–H groups in total. The fourth-order valence-corrected chi connectivity index (χ4v) is 7.10. The lowest BCUT2D eigenvalue weighted by molar-refractivity contribution is -0.149. The van der Waals surface area contributed by atoms with Crippen molar-refractivity contribution in [2.75, 3.05) is 4.72 Å². The molecule has 1 fully saturated rings. The quantitative estimate of drug-likeness (QED) is 0.349. The van der Waals surface area contributed by atoms with Gasteiger partial charge in [0, 0.05) is 23.4 Å². The van der Waals surface area contributed by atoms with Crippen LogP contribution in [0.2, 0.25) is 0 Å². The molecule has 2 heterocycles. The summed E-state index contributed by atoms with van der Waals surface area (Å²) in [5.41, 5.74) is 2.01. The Labute approximate surface area is 224 Å². The van der Waals surface area contributed by atoms with E-state index >= 15 is 0 Å². The summed E-state index contributed by atoms with van der Waals surface area (Å²) in [6.07, 6.45) is 9.88. The minimum atomic E-state index is -3.90. The zero-order chi connectivity index (χ0) is 26.9. The van der Waals surface area contributed by atoms with Crippen molar-refractivity contribution in [2.45, 2.75) is 75.3 Å². The maximum atomic E-state index is 13.5. The number of nitrogens with zero attached hydrogens (tertiary/aromatic N) is 1. The molecule has 0 amide bonds. The molecule has 0 radical (unpaired) electrons. The van der Waals surface area contributed by atoms with Crippen LogP contribution in [-0.4, -0.2) is 31.3 Å². The van der Waals surface area contributed by atoms with E-state index in [1.54, 1.807) is 42.6 Å². The maximum absolute atomic E-state index is 13.5. The number of ether oxygens (including phenoxy) is 1. The van der Waals surface area contributed by atoms with Gasteiger partial charge in [0.2, 0.25) is 0 Å². The number of hydrogen-bond acceptors (Lipinski definition) is 6. The van der Waals surface area contributed by atoms with Crippen LogP contribution in [0.1, 0.15) is 75.0 Å². The predicted octanol–water partition coefficient (Wildman–Crippen LogP) is 6.29. The van der Waals surface area contributed by atoms with Crippen molar-refractivity contribution in [3.8, 4) is 0 Å². The Balaban J connectivity index is 1.50. The average molecular weight is 535 g/mol. The molecule has 2 aliphatic heterocycles. The molecule has 0 aromatic heterocycles. The molecule has 5 rings (SSSR count). The number of esters is 1. The van der Waals surface area contributed by atoms with E-state index in [2.05, 4.69) is 9.71 Å². The van der Waals surface area contributed by atoms with Gasteiger partial charge in [0.25, 0.3) is 10.0 Å². The van der Waals surface area contributed by atoms with Crippen molar-refractivity contribution >= 4 is 34.0 Å². The highest BCUT2D eigenvalue weighted by Crippen LogP contribution is 2.52. The number of nitrogens with one attached hydrogen (secondary N) is 1. The van der Waals surface area contributed by atoms with Gasteiger partial charge in [0.05, 0.1) is 17.0 Å².